The number of halogens is 2. The van der Waals surface area contributed by atoms with Gasteiger partial charge >= 0.3 is 0 Å². The van der Waals surface area contributed by atoms with Gasteiger partial charge in [0.1, 0.15) is 29.4 Å². The number of aromatic nitrogens is 3. The summed E-state index contributed by atoms with van der Waals surface area (Å²) < 4.78 is 45.6. The molecule has 7 rings (SSSR count). The van der Waals surface area contributed by atoms with Crippen LogP contribution in [-0.2, 0) is 39.9 Å². The van der Waals surface area contributed by atoms with Crippen LogP contribution in [0, 0.1) is 12.7 Å². The molecule has 0 spiro atoms. The monoisotopic (exact) mass is 1010 g/mol. The number of anilines is 2. The van der Waals surface area contributed by atoms with Crippen molar-refractivity contribution in [2.75, 3.05) is 116 Å². The first kappa shape index (κ1) is 52.6. The second-order valence-electron chi connectivity index (χ2n) is 16.6. The lowest BCUT2D eigenvalue weighted by molar-refractivity contribution is -0.131. The van der Waals surface area contributed by atoms with Gasteiger partial charge in [0.2, 0.25) is 24.2 Å². The fourth-order valence-corrected chi connectivity index (χ4v) is 9.21. The number of fused-ring (bicyclic) bond motifs is 2. The van der Waals surface area contributed by atoms with E-state index in [1.807, 2.05) is 66.7 Å². The molecule has 1 aliphatic heterocycles. The van der Waals surface area contributed by atoms with Gasteiger partial charge < -0.3 is 54.1 Å². The number of benzene rings is 4. The zero-order chi connectivity index (χ0) is 50.1. The van der Waals surface area contributed by atoms with Crippen molar-refractivity contribution in [2.45, 2.75) is 33.2 Å². The molecule has 2 aromatic heterocycles. The third kappa shape index (κ3) is 14.0. The third-order valence-corrected chi connectivity index (χ3v) is 13.2. The van der Waals surface area contributed by atoms with E-state index in [4.69, 9.17) is 40.3 Å². The topological polar surface area (TPSA) is 190 Å². The molecule has 0 aliphatic carbocycles. The summed E-state index contributed by atoms with van der Waals surface area (Å²) in [6.07, 6.45) is 1.18. The molecule has 3 N–H and O–H groups in total. The number of nitrogens with zero attached hydrogens (tertiary/aromatic N) is 6. The van der Waals surface area contributed by atoms with Crippen molar-refractivity contribution in [3.63, 3.8) is 0 Å². The number of phenolic OH excluding ortho intramolecular Hbond substituents is 1. The van der Waals surface area contributed by atoms with Gasteiger partial charge in [0.15, 0.2) is 5.82 Å². The predicted octanol–water partition coefficient (Wildman–Crippen LogP) is 7.09. The minimum Gasteiger partial charge on any atom is -0.508 e. The van der Waals surface area contributed by atoms with Crippen molar-refractivity contribution in [3.8, 4) is 33.1 Å². The average molecular weight is 1020 g/mol. The number of aromatic hydroxyl groups is 1. The number of amides is 3. The van der Waals surface area contributed by atoms with Crippen molar-refractivity contribution in [3.05, 3.63) is 88.3 Å². The van der Waals surface area contributed by atoms with Gasteiger partial charge in [-0.15, -0.1) is 11.3 Å². The second-order valence-corrected chi connectivity index (χ2v) is 17.9. The van der Waals surface area contributed by atoms with E-state index in [0.717, 1.165) is 27.1 Å². The summed E-state index contributed by atoms with van der Waals surface area (Å²) >= 11 is 8.44. The second kappa shape index (κ2) is 26.3. The van der Waals surface area contributed by atoms with E-state index >= 15 is 4.39 Å². The molecule has 0 saturated carbocycles. The highest BCUT2D eigenvalue weighted by Gasteiger charge is 2.27. The number of hydrogen-bond acceptors (Lipinski definition) is 15. The lowest BCUT2D eigenvalue weighted by Gasteiger charge is -2.36. The van der Waals surface area contributed by atoms with Crippen LogP contribution in [0.2, 0.25) is 5.02 Å². The highest BCUT2D eigenvalue weighted by molar-refractivity contribution is 7.13. The Morgan fingerprint density at radius 2 is 1.61 bits per heavy atom. The summed E-state index contributed by atoms with van der Waals surface area (Å²) in [5.74, 6) is 0.488. The number of carbonyl (C=O) groups excluding carboxylic acids is 3. The molecule has 17 nitrogen and oxygen atoms in total. The number of hydrogen-bond donors (Lipinski definition) is 3. The molecule has 1 fully saturated rings. The minimum atomic E-state index is -0.674. The molecule has 378 valence electrons. The van der Waals surface area contributed by atoms with Gasteiger partial charge in [-0.1, -0.05) is 54.9 Å². The predicted molar refractivity (Wildman–Crippen MR) is 273 cm³/mol. The Morgan fingerprint density at radius 1 is 0.901 bits per heavy atom. The molecule has 1 aliphatic rings. The highest BCUT2D eigenvalue weighted by atomic mass is 35.5. The van der Waals surface area contributed by atoms with Gasteiger partial charge in [0, 0.05) is 82.2 Å². The summed E-state index contributed by atoms with van der Waals surface area (Å²) in [5, 5.41) is 18.4. The van der Waals surface area contributed by atoms with Crippen molar-refractivity contribution >= 4 is 74.6 Å². The zero-order valence-corrected chi connectivity index (χ0v) is 41.8. The number of ether oxygens (including phenoxy) is 5. The highest BCUT2D eigenvalue weighted by Crippen LogP contribution is 2.42. The van der Waals surface area contributed by atoms with E-state index < -0.39 is 5.82 Å². The summed E-state index contributed by atoms with van der Waals surface area (Å²) in [5.41, 5.74) is 5.17. The van der Waals surface area contributed by atoms with Gasteiger partial charge in [0.25, 0.3) is 0 Å². The Kier molecular flexibility index (Phi) is 19.5. The lowest BCUT2D eigenvalue weighted by Crippen LogP contribution is -2.49. The maximum atomic E-state index is 16.9. The molecular weight excluding hydrogens is 955 g/mol. The van der Waals surface area contributed by atoms with Crippen LogP contribution in [-0.4, -0.2) is 154 Å². The summed E-state index contributed by atoms with van der Waals surface area (Å²) in [6, 6.07) is 18.0. The van der Waals surface area contributed by atoms with Gasteiger partial charge in [0.05, 0.1) is 74.0 Å². The fraction of sp³-hybridized carbons (Fsp3) is 0.412. The Balaban J connectivity index is 0.811. The van der Waals surface area contributed by atoms with Crippen LogP contribution in [0.3, 0.4) is 0 Å². The SMILES string of the molecule is CCC(=O)N1CCN(c2nc(NCCC(=O)N(C)CCOCCOCCOCCOCCOc3cc(-c4scnc4C)ccc3CNC=O)nc3c(F)c(-c4cc(O)cc5ccccc45)c(Cl)cc23)CC1. The Hall–Kier alpha value is -6.22. The normalized spacial score (nSPS) is 12.7. The van der Waals surface area contributed by atoms with Crippen LogP contribution in [0.5, 0.6) is 11.5 Å². The smallest absolute Gasteiger partial charge is 0.225 e. The number of thiazole rings is 1. The number of likely N-dealkylation sites (N-methyl/N-ethyl adjacent to an activating group) is 1. The van der Waals surface area contributed by atoms with Gasteiger partial charge in [-0.25, -0.2) is 14.4 Å². The summed E-state index contributed by atoms with van der Waals surface area (Å²) in [6.45, 7) is 9.90. The molecule has 0 atom stereocenters. The zero-order valence-electron chi connectivity index (χ0n) is 40.2. The molecule has 3 amide bonds. The van der Waals surface area contributed by atoms with E-state index in [2.05, 4.69) is 20.6 Å². The third-order valence-electron chi connectivity index (χ3n) is 11.9. The Bertz CT molecular complexity index is 2760. The maximum Gasteiger partial charge on any atom is 0.225 e. The van der Waals surface area contributed by atoms with E-state index in [0.29, 0.717) is 139 Å². The number of piperazine rings is 1. The average Bonchev–Trinajstić information content (AvgIpc) is 3.82. The number of aryl methyl sites for hydroxylation is 1. The van der Waals surface area contributed by atoms with Crippen LogP contribution in [0.15, 0.2) is 66.2 Å². The Morgan fingerprint density at radius 3 is 2.30 bits per heavy atom. The van der Waals surface area contributed by atoms with Crippen LogP contribution < -0.4 is 20.3 Å². The first-order valence-corrected chi connectivity index (χ1v) is 24.9. The molecule has 6 aromatic rings. The molecule has 71 heavy (non-hydrogen) atoms. The fourth-order valence-electron chi connectivity index (χ4n) is 8.12. The first-order chi connectivity index (χ1) is 34.6. The molecular formula is C51H60ClFN8O9S. The van der Waals surface area contributed by atoms with E-state index in [1.165, 1.54) is 6.07 Å². The number of nitrogens with one attached hydrogen (secondary N) is 2. The first-order valence-electron chi connectivity index (χ1n) is 23.6. The summed E-state index contributed by atoms with van der Waals surface area (Å²) in [7, 11) is 1.70. The lowest BCUT2D eigenvalue weighted by atomic mass is 9.96. The van der Waals surface area contributed by atoms with E-state index in [-0.39, 0.29) is 52.6 Å². The van der Waals surface area contributed by atoms with Crippen LogP contribution in [0.25, 0.3) is 43.2 Å². The van der Waals surface area contributed by atoms with Gasteiger partial charge in [-0.05, 0) is 53.1 Å². The van der Waals surface area contributed by atoms with E-state index in [9.17, 15) is 19.5 Å². The van der Waals surface area contributed by atoms with Crippen LogP contribution >= 0.6 is 22.9 Å². The molecule has 0 radical (unpaired) electrons. The minimum absolute atomic E-state index is 0.0276. The quantitative estimate of drug-likeness (QED) is 0.0350. The number of carbonyl (C=O) groups is 3. The van der Waals surface area contributed by atoms with Crippen molar-refractivity contribution in [2.24, 2.45) is 0 Å². The number of rotatable bonds is 27. The molecule has 3 heterocycles. The van der Waals surface area contributed by atoms with Crippen LogP contribution in [0.1, 0.15) is 31.0 Å². The van der Waals surface area contributed by atoms with Gasteiger partial charge in [-0.3, -0.25) is 14.4 Å². The van der Waals surface area contributed by atoms with E-state index in [1.54, 1.807) is 40.3 Å². The van der Waals surface area contributed by atoms with Crippen molar-refractivity contribution in [1.82, 2.24) is 30.1 Å². The Labute approximate surface area is 421 Å². The molecule has 20 heteroatoms. The van der Waals surface area contributed by atoms with Crippen molar-refractivity contribution < 1.29 is 47.6 Å². The molecule has 4 aromatic carbocycles. The maximum absolute atomic E-state index is 16.9. The van der Waals surface area contributed by atoms with Crippen molar-refractivity contribution in [1.29, 1.82) is 0 Å². The standard InChI is InChI=1S/C51H60ClFN8O9S/c1-4-44(64)60-13-15-61(16-14-60)50-41-30-42(52)46(40-29-38(63)27-35-7-5-6-8-39(35)40)47(53)48(41)57-51(58-50)55-12-11-45(65)59(3)17-18-66-19-20-67-21-22-68-23-24-69-25-26-70-43-28-36(49-34(2)56-33-71-49)9-10-37(43)31-54-32-62/h5-10,27-30,32-33,63H,4,11-26,31H2,1-3H3,(H,54,62)(H,55,57,58). The number of phenols is 1. The largest absolute Gasteiger partial charge is 0.508 e. The molecule has 1 saturated heterocycles. The molecule has 0 unspecified atom stereocenters. The van der Waals surface area contributed by atoms with Gasteiger partial charge in [-0.2, -0.15) is 4.98 Å². The molecule has 0 bridgehead atoms. The summed E-state index contributed by atoms with van der Waals surface area (Å²) in [4.78, 5) is 56.6. The van der Waals surface area contributed by atoms with Crippen LogP contribution in [0.4, 0.5) is 16.2 Å².